The van der Waals surface area contributed by atoms with Crippen LogP contribution in [-0.4, -0.2) is 10.1 Å². The molecule has 0 amide bonds. The van der Waals surface area contributed by atoms with Crippen LogP contribution in [0.5, 0.6) is 5.75 Å². The molecule has 0 saturated heterocycles. The van der Waals surface area contributed by atoms with Crippen molar-refractivity contribution in [1.29, 1.82) is 0 Å². The Labute approximate surface area is 105 Å². The molecular weight excluding hydrogens is 232 g/mol. The van der Waals surface area contributed by atoms with Crippen molar-refractivity contribution >= 4 is 11.3 Å². The van der Waals surface area contributed by atoms with Crippen LogP contribution in [0.4, 0.5) is 0 Å². The number of thiazole rings is 1. The first-order chi connectivity index (χ1) is 7.99. The van der Waals surface area contributed by atoms with Gasteiger partial charge >= 0.3 is 0 Å². The van der Waals surface area contributed by atoms with Gasteiger partial charge in [-0.05, 0) is 44.0 Å². The fourth-order valence-corrected chi connectivity index (χ4v) is 2.57. The fraction of sp³-hybridized carbons (Fsp3) is 0.308. The maximum Gasteiger partial charge on any atom is 0.123 e. The van der Waals surface area contributed by atoms with Gasteiger partial charge in [-0.2, -0.15) is 0 Å². The summed E-state index contributed by atoms with van der Waals surface area (Å²) in [5, 5.41) is 10.7. The number of aryl methyl sites for hydroxylation is 2. The van der Waals surface area contributed by atoms with Crippen LogP contribution in [-0.2, 0) is 0 Å². The Morgan fingerprint density at radius 1 is 1.29 bits per heavy atom. The quantitative estimate of drug-likeness (QED) is 0.858. The van der Waals surface area contributed by atoms with Gasteiger partial charge in [0.25, 0.3) is 0 Å². The Morgan fingerprint density at radius 2 is 1.88 bits per heavy atom. The summed E-state index contributed by atoms with van der Waals surface area (Å²) in [6.07, 6.45) is 1.82. The van der Waals surface area contributed by atoms with E-state index in [0.29, 0.717) is 5.75 Å². The number of aromatic nitrogens is 1. The maximum absolute atomic E-state index is 9.73. The summed E-state index contributed by atoms with van der Waals surface area (Å²) in [7, 11) is 0. The molecule has 2 aromatic rings. The van der Waals surface area contributed by atoms with E-state index < -0.39 is 0 Å². The van der Waals surface area contributed by atoms with Crippen molar-refractivity contribution < 1.29 is 5.11 Å². The topological polar surface area (TPSA) is 59.1 Å². The minimum absolute atomic E-state index is 0.0144. The lowest BCUT2D eigenvalue weighted by molar-refractivity contribution is 0.467. The average Bonchev–Trinajstić information content (AvgIpc) is 2.74. The van der Waals surface area contributed by atoms with E-state index in [2.05, 4.69) is 4.98 Å². The van der Waals surface area contributed by atoms with Crippen LogP contribution in [0, 0.1) is 13.8 Å². The molecule has 0 radical (unpaired) electrons. The Hall–Kier alpha value is -1.39. The highest BCUT2D eigenvalue weighted by Crippen LogP contribution is 2.32. The summed E-state index contributed by atoms with van der Waals surface area (Å²) < 4.78 is 0. The highest BCUT2D eigenvalue weighted by molar-refractivity contribution is 7.15. The number of phenols is 1. The van der Waals surface area contributed by atoms with Crippen LogP contribution in [0.1, 0.15) is 29.0 Å². The molecule has 90 valence electrons. The van der Waals surface area contributed by atoms with E-state index in [9.17, 15) is 5.11 Å². The van der Waals surface area contributed by atoms with Crippen LogP contribution in [0.2, 0.25) is 0 Å². The number of hydrogen-bond acceptors (Lipinski definition) is 4. The molecule has 3 N–H and O–H groups in total. The van der Waals surface area contributed by atoms with E-state index in [1.165, 1.54) is 0 Å². The number of rotatable bonds is 2. The predicted molar refractivity (Wildman–Crippen MR) is 71.3 cm³/mol. The molecule has 3 nitrogen and oxygen atoms in total. The fourth-order valence-electron chi connectivity index (χ4n) is 1.71. The maximum atomic E-state index is 9.73. The highest BCUT2D eigenvalue weighted by atomic mass is 32.1. The lowest BCUT2D eigenvalue weighted by Gasteiger charge is -2.05. The first-order valence-electron chi connectivity index (χ1n) is 5.51. The zero-order valence-electron chi connectivity index (χ0n) is 10.2. The Bertz CT molecular complexity index is 523. The lowest BCUT2D eigenvalue weighted by Crippen LogP contribution is -2.01. The predicted octanol–water partition coefficient (Wildman–Crippen LogP) is 3.15. The number of nitrogens with zero attached hydrogens (tertiary/aromatic N) is 1. The van der Waals surface area contributed by atoms with E-state index >= 15 is 0 Å². The van der Waals surface area contributed by atoms with Crippen LogP contribution in [0.15, 0.2) is 18.3 Å². The molecule has 2 rings (SSSR count). The largest absolute Gasteiger partial charge is 0.507 e. The highest BCUT2D eigenvalue weighted by Gasteiger charge is 2.10. The molecule has 1 aromatic carbocycles. The van der Waals surface area contributed by atoms with Gasteiger partial charge in [0.15, 0.2) is 0 Å². The second-order valence-electron chi connectivity index (χ2n) is 4.32. The molecule has 1 unspecified atom stereocenters. The molecule has 0 spiro atoms. The second-order valence-corrected chi connectivity index (χ2v) is 5.38. The third-order valence-electron chi connectivity index (χ3n) is 2.71. The van der Waals surface area contributed by atoms with E-state index in [1.807, 2.05) is 39.1 Å². The molecule has 1 atom stereocenters. The van der Waals surface area contributed by atoms with E-state index in [1.54, 1.807) is 11.3 Å². The minimum atomic E-state index is 0.0144. The Kier molecular flexibility index (Phi) is 3.17. The van der Waals surface area contributed by atoms with Crippen molar-refractivity contribution in [3.8, 4) is 16.3 Å². The first kappa shape index (κ1) is 12.1. The minimum Gasteiger partial charge on any atom is -0.507 e. The van der Waals surface area contributed by atoms with Gasteiger partial charge in [0.2, 0.25) is 0 Å². The molecule has 0 aliphatic rings. The molecular formula is C13H16N2OS. The van der Waals surface area contributed by atoms with Crippen LogP contribution >= 0.6 is 11.3 Å². The standard InChI is InChI=1S/C13H16N2OS/c1-7-4-10(5-8(2)12(7)16)13-15-6-11(17-13)9(3)14/h4-6,9,16H,14H2,1-3H3. The molecule has 17 heavy (non-hydrogen) atoms. The number of benzene rings is 1. The molecule has 0 fully saturated rings. The number of phenolic OH excluding ortho intramolecular Hbond substituents is 1. The first-order valence-corrected chi connectivity index (χ1v) is 6.32. The summed E-state index contributed by atoms with van der Waals surface area (Å²) in [6.45, 7) is 5.74. The van der Waals surface area contributed by atoms with Crippen LogP contribution < -0.4 is 5.73 Å². The third kappa shape index (κ3) is 2.33. The number of nitrogens with two attached hydrogens (primary N) is 1. The molecule has 1 heterocycles. The van der Waals surface area contributed by atoms with Crippen LogP contribution in [0.25, 0.3) is 10.6 Å². The number of aromatic hydroxyl groups is 1. The SMILES string of the molecule is Cc1cc(-c2ncc(C(C)N)s2)cc(C)c1O. The van der Waals surface area contributed by atoms with Crippen LogP contribution in [0.3, 0.4) is 0 Å². The van der Waals surface area contributed by atoms with Crippen molar-refractivity contribution in [2.75, 3.05) is 0 Å². The molecule has 0 aliphatic carbocycles. The molecule has 4 heteroatoms. The van der Waals surface area contributed by atoms with Crippen molar-refractivity contribution in [1.82, 2.24) is 4.98 Å². The van der Waals surface area contributed by atoms with E-state index in [4.69, 9.17) is 5.73 Å². The zero-order chi connectivity index (χ0) is 12.6. The molecule has 0 saturated carbocycles. The Morgan fingerprint density at radius 3 is 2.35 bits per heavy atom. The lowest BCUT2D eigenvalue weighted by atomic mass is 10.1. The smallest absolute Gasteiger partial charge is 0.123 e. The molecule has 0 bridgehead atoms. The van der Waals surface area contributed by atoms with Gasteiger partial charge in [-0.25, -0.2) is 4.98 Å². The monoisotopic (exact) mass is 248 g/mol. The van der Waals surface area contributed by atoms with Crippen molar-refractivity contribution in [2.24, 2.45) is 5.73 Å². The van der Waals surface area contributed by atoms with E-state index in [0.717, 1.165) is 26.6 Å². The Balaban J connectivity index is 2.46. The van der Waals surface area contributed by atoms with Gasteiger partial charge in [-0.15, -0.1) is 11.3 Å². The molecule has 0 aliphatic heterocycles. The summed E-state index contributed by atoms with van der Waals surface area (Å²) in [5.74, 6) is 0.359. The summed E-state index contributed by atoms with van der Waals surface area (Å²) in [6, 6.07) is 3.92. The van der Waals surface area contributed by atoms with Gasteiger partial charge in [0, 0.05) is 22.7 Å². The van der Waals surface area contributed by atoms with Crippen molar-refractivity contribution in [3.05, 3.63) is 34.3 Å². The summed E-state index contributed by atoms with van der Waals surface area (Å²) >= 11 is 1.60. The average molecular weight is 248 g/mol. The summed E-state index contributed by atoms with van der Waals surface area (Å²) in [4.78, 5) is 5.45. The van der Waals surface area contributed by atoms with Crippen molar-refractivity contribution in [3.63, 3.8) is 0 Å². The molecule has 1 aromatic heterocycles. The van der Waals surface area contributed by atoms with Crippen molar-refractivity contribution in [2.45, 2.75) is 26.8 Å². The number of hydrogen-bond donors (Lipinski definition) is 2. The van der Waals surface area contributed by atoms with Gasteiger partial charge in [0.05, 0.1) is 0 Å². The van der Waals surface area contributed by atoms with Gasteiger partial charge in [-0.3, -0.25) is 0 Å². The van der Waals surface area contributed by atoms with Gasteiger partial charge in [0.1, 0.15) is 10.8 Å². The van der Waals surface area contributed by atoms with Gasteiger partial charge in [-0.1, -0.05) is 0 Å². The second kappa shape index (κ2) is 4.47. The normalized spacial score (nSPS) is 12.7. The van der Waals surface area contributed by atoms with Gasteiger partial charge < -0.3 is 10.8 Å². The third-order valence-corrected chi connectivity index (χ3v) is 3.96. The van der Waals surface area contributed by atoms with E-state index in [-0.39, 0.29) is 6.04 Å². The zero-order valence-corrected chi connectivity index (χ0v) is 11.0. The summed E-state index contributed by atoms with van der Waals surface area (Å²) in [5.41, 5.74) is 8.60.